The molecule has 0 radical (unpaired) electrons. The zero-order chi connectivity index (χ0) is 18.6. The quantitative estimate of drug-likeness (QED) is 0.696. The van der Waals surface area contributed by atoms with Crippen LogP contribution in [0.4, 0.5) is 0 Å². The average Bonchev–Trinajstić information content (AvgIpc) is 3.07. The highest BCUT2D eigenvalue weighted by Gasteiger charge is 2.19. The number of hydrogen-bond acceptors (Lipinski definition) is 5. The lowest BCUT2D eigenvalue weighted by Gasteiger charge is -2.19. The van der Waals surface area contributed by atoms with Gasteiger partial charge in [-0.05, 0) is 19.1 Å². The Balaban J connectivity index is 1.54. The van der Waals surface area contributed by atoms with Gasteiger partial charge in [0.15, 0.2) is 11.5 Å². The molecule has 3 heterocycles. The van der Waals surface area contributed by atoms with E-state index in [0.717, 1.165) is 46.8 Å². The summed E-state index contributed by atoms with van der Waals surface area (Å²) in [5, 5.41) is 1.05. The SMILES string of the molecule is C/C=C\C1=C(c2cn(C)c(CCc3ncc4ccccc4n3)n2)OCCO1. The molecule has 27 heavy (non-hydrogen) atoms. The Labute approximate surface area is 158 Å². The molecule has 1 aliphatic heterocycles. The number of rotatable bonds is 5. The largest absolute Gasteiger partial charge is 0.486 e. The standard InChI is InChI=1S/C21H22N4O2/c1-3-6-18-21(27-12-11-26-18)17-14-25(2)20(24-17)10-9-19-22-13-15-7-4-5-8-16(15)23-19/h3-8,13-14H,9-12H2,1-2H3/b6-3-. The van der Waals surface area contributed by atoms with E-state index in [9.17, 15) is 0 Å². The van der Waals surface area contributed by atoms with Crippen molar-refractivity contribution in [2.45, 2.75) is 19.8 Å². The third kappa shape index (κ3) is 3.69. The topological polar surface area (TPSA) is 62.1 Å². The van der Waals surface area contributed by atoms with E-state index in [4.69, 9.17) is 14.5 Å². The number of nitrogens with zero attached hydrogens (tertiary/aromatic N) is 4. The van der Waals surface area contributed by atoms with Gasteiger partial charge in [-0.3, -0.25) is 0 Å². The lowest BCUT2D eigenvalue weighted by Crippen LogP contribution is -2.12. The molecule has 0 fully saturated rings. The number of aryl methyl sites for hydroxylation is 3. The zero-order valence-electron chi connectivity index (χ0n) is 15.6. The van der Waals surface area contributed by atoms with Crippen LogP contribution in [0.5, 0.6) is 0 Å². The van der Waals surface area contributed by atoms with Gasteiger partial charge >= 0.3 is 0 Å². The van der Waals surface area contributed by atoms with Gasteiger partial charge in [0, 0.05) is 37.7 Å². The first-order valence-corrected chi connectivity index (χ1v) is 9.10. The van der Waals surface area contributed by atoms with E-state index in [1.807, 2.05) is 67.3 Å². The molecule has 6 heteroatoms. The Morgan fingerprint density at radius 1 is 1.11 bits per heavy atom. The second-order valence-electron chi connectivity index (χ2n) is 6.39. The summed E-state index contributed by atoms with van der Waals surface area (Å²) in [5.74, 6) is 3.21. The van der Waals surface area contributed by atoms with E-state index in [1.165, 1.54) is 0 Å². The van der Waals surface area contributed by atoms with Crippen LogP contribution < -0.4 is 0 Å². The summed E-state index contributed by atoms with van der Waals surface area (Å²) in [6.45, 7) is 3.05. The fraction of sp³-hybridized carbons (Fsp3) is 0.286. The molecule has 1 aliphatic rings. The van der Waals surface area contributed by atoms with Crippen LogP contribution in [0.1, 0.15) is 24.3 Å². The Morgan fingerprint density at radius 3 is 2.85 bits per heavy atom. The van der Waals surface area contributed by atoms with Gasteiger partial charge in [0.1, 0.15) is 30.6 Å². The molecule has 4 rings (SSSR count). The summed E-state index contributed by atoms with van der Waals surface area (Å²) >= 11 is 0. The second-order valence-corrected chi connectivity index (χ2v) is 6.39. The highest BCUT2D eigenvalue weighted by Crippen LogP contribution is 2.25. The highest BCUT2D eigenvalue weighted by molar-refractivity contribution is 5.77. The van der Waals surface area contributed by atoms with Gasteiger partial charge in [0.2, 0.25) is 0 Å². The van der Waals surface area contributed by atoms with Gasteiger partial charge in [-0.1, -0.05) is 24.3 Å². The molecule has 0 saturated heterocycles. The van der Waals surface area contributed by atoms with Crippen LogP contribution in [0.2, 0.25) is 0 Å². The smallest absolute Gasteiger partial charge is 0.188 e. The maximum absolute atomic E-state index is 5.81. The average molecular weight is 362 g/mol. The Kier molecular flexibility index (Phi) is 4.87. The molecule has 0 amide bonds. The number of allylic oxidation sites excluding steroid dienone is 2. The second kappa shape index (κ2) is 7.61. The maximum Gasteiger partial charge on any atom is 0.188 e. The summed E-state index contributed by atoms with van der Waals surface area (Å²) in [7, 11) is 1.99. The molecule has 0 unspecified atom stereocenters. The van der Waals surface area contributed by atoms with Crippen molar-refractivity contribution in [3.8, 4) is 0 Å². The molecular formula is C21H22N4O2. The Morgan fingerprint density at radius 2 is 1.96 bits per heavy atom. The van der Waals surface area contributed by atoms with Crippen molar-refractivity contribution in [2.24, 2.45) is 7.05 Å². The van der Waals surface area contributed by atoms with Gasteiger partial charge < -0.3 is 14.0 Å². The van der Waals surface area contributed by atoms with Crippen molar-refractivity contribution in [2.75, 3.05) is 13.2 Å². The first kappa shape index (κ1) is 17.3. The van der Waals surface area contributed by atoms with Gasteiger partial charge in [-0.25, -0.2) is 15.0 Å². The summed E-state index contributed by atoms with van der Waals surface area (Å²) in [6.07, 6.45) is 9.18. The predicted molar refractivity (Wildman–Crippen MR) is 104 cm³/mol. The van der Waals surface area contributed by atoms with E-state index in [-0.39, 0.29) is 0 Å². The number of hydrogen-bond donors (Lipinski definition) is 0. The number of aromatic nitrogens is 4. The highest BCUT2D eigenvalue weighted by atomic mass is 16.6. The van der Waals surface area contributed by atoms with Crippen LogP contribution in [-0.2, 0) is 29.4 Å². The van der Waals surface area contributed by atoms with Gasteiger partial charge in [-0.15, -0.1) is 0 Å². The van der Waals surface area contributed by atoms with Gasteiger partial charge in [0.05, 0.1) is 5.52 Å². The number of imidazole rings is 1. The fourth-order valence-electron chi connectivity index (χ4n) is 3.11. The monoisotopic (exact) mass is 362 g/mol. The van der Waals surface area contributed by atoms with Crippen molar-refractivity contribution in [1.29, 1.82) is 0 Å². The molecule has 0 spiro atoms. The molecule has 2 aromatic heterocycles. The molecule has 0 N–H and O–H groups in total. The number of para-hydroxylation sites is 1. The molecular weight excluding hydrogens is 340 g/mol. The zero-order valence-corrected chi connectivity index (χ0v) is 15.6. The van der Waals surface area contributed by atoms with E-state index < -0.39 is 0 Å². The van der Waals surface area contributed by atoms with E-state index in [1.54, 1.807) is 0 Å². The Bertz CT molecular complexity index is 1020. The van der Waals surface area contributed by atoms with Gasteiger partial charge in [-0.2, -0.15) is 0 Å². The van der Waals surface area contributed by atoms with Crippen molar-refractivity contribution < 1.29 is 9.47 Å². The number of ether oxygens (including phenoxy) is 2. The van der Waals surface area contributed by atoms with Crippen LogP contribution in [0.15, 0.2) is 54.6 Å². The van der Waals surface area contributed by atoms with Crippen molar-refractivity contribution in [3.05, 3.63) is 71.9 Å². The van der Waals surface area contributed by atoms with Crippen molar-refractivity contribution >= 4 is 16.7 Å². The van der Waals surface area contributed by atoms with E-state index >= 15 is 0 Å². The van der Waals surface area contributed by atoms with Crippen LogP contribution >= 0.6 is 0 Å². The molecule has 3 aromatic rings. The minimum Gasteiger partial charge on any atom is -0.486 e. The minimum atomic E-state index is 0.535. The summed E-state index contributed by atoms with van der Waals surface area (Å²) in [4.78, 5) is 13.9. The van der Waals surface area contributed by atoms with E-state index in [0.29, 0.717) is 19.0 Å². The fourth-order valence-corrected chi connectivity index (χ4v) is 3.11. The molecule has 0 atom stereocenters. The van der Waals surface area contributed by atoms with Crippen LogP contribution in [0, 0.1) is 0 Å². The third-order valence-corrected chi connectivity index (χ3v) is 4.45. The molecule has 0 saturated carbocycles. The van der Waals surface area contributed by atoms with Crippen LogP contribution in [0.25, 0.3) is 16.7 Å². The van der Waals surface area contributed by atoms with Crippen LogP contribution in [-0.4, -0.2) is 32.7 Å². The molecule has 0 aliphatic carbocycles. The molecule has 6 nitrogen and oxygen atoms in total. The van der Waals surface area contributed by atoms with Crippen molar-refractivity contribution in [1.82, 2.24) is 19.5 Å². The van der Waals surface area contributed by atoms with E-state index in [2.05, 4.69) is 9.97 Å². The number of benzene rings is 1. The first-order chi connectivity index (χ1) is 13.2. The molecule has 0 bridgehead atoms. The first-order valence-electron chi connectivity index (χ1n) is 9.10. The molecule has 1 aromatic carbocycles. The maximum atomic E-state index is 5.81. The lowest BCUT2D eigenvalue weighted by atomic mass is 10.2. The van der Waals surface area contributed by atoms with Gasteiger partial charge in [0.25, 0.3) is 0 Å². The van der Waals surface area contributed by atoms with Crippen LogP contribution in [0.3, 0.4) is 0 Å². The number of fused-ring (bicyclic) bond motifs is 1. The molecule has 138 valence electrons. The minimum absolute atomic E-state index is 0.535. The predicted octanol–water partition coefficient (Wildman–Crippen LogP) is 3.44. The third-order valence-electron chi connectivity index (χ3n) is 4.45. The summed E-state index contributed by atoms with van der Waals surface area (Å²) in [6, 6.07) is 8.02. The lowest BCUT2D eigenvalue weighted by molar-refractivity contribution is 0.109. The normalized spacial score (nSPS) is 14.6. The summed E-state index contributed by atoms with van der Waals surface area (Å²) in [5.41, 5.74) is 1.76. The Hall–Kier alpha value is -3.15. The summed E-state index contributed by atoms with van der Waals surface area (Å²) < 4.78 is 13.5. The van der Waals surface area contributed by atoms with Crippen molar-refractivity contribution in [3.63, 3.8) is 0 Å².